The number of ether oxygens (including phenoxy) is 1. The summed E-state index contributed by atoms with van der Waals surface area (Å²) in [5.74, 6) is -1.52. The second kappa shape index (κ2) is 7.70. The van der Waals surface area contributed by atoms with Gasteiger partial charge in [0.25, 0.3) is 0 Å². The molecule has 0 aromatic heterocycles. The van der Waals surface area contributed by atoms with E-state index in [0.717, 1.165) is 12.1 Å². The van der Waals surface area contributed by atoms with Crippen molar-refractivity contribution in [1.82, 2.24) is 5.32 Å². The first kappa shape index (κ1) is 18.6. The summed E-state index contributed by atoms with van der Waals surface area (Å²) in [5, 5.41) is 13.6. The summed E-state index contributed by atoms with van der Waals surface area (Å²) in [6.45, 7) is 3.63. The molecule has 1 atom stereocenters. The van der Waals surface area contributed by atoms with Crippen LogP contribution in [0.4, 0.5) is 23.7 Å². The lowest BCUT2D eigenvalue weighted by Crippen LogP contribution is -2.43. The summed E-state index contributed by atoms with van der Waals surface area (Å²) in [5.41, 5.74) is 0.200. The van der Waals surface area contributed by atoms with E-state index in [9.17, 15) is 22.8 Å². The summed E-state index contributed by atoms with van der Waals surface area (Å²) in [4.78, 5) is 22.8. The number of nitrogens with one attached hydrogen (secondary N) is 2. The molecule has 0 aliphatic rings. The number of aliphatic carboxylic acids is 1. The molecule has 23 heavy (non-hydrogen) atoms. The van der Waals surface area contributed by atoms with Crippen molar-refractivity contribution in [2.24, 2.45) is 5.92 Å². The molecular weight excluding hydrogens is 317 g/mol. The molecule has 0 spiro atoms. The molecule has 0 saturated carbocycles. The Balaban J connectivity index is 2.61. The van der Waals surface area contributed by atoms with E-state index >= 15 is 0 Å². The van der Waals surface area contributed by atoms with Gasteiger partial charge in [0.15, 0.2) is 0 Å². The number of anilines is 1. The lowest BCUT2D eigenvalue weighted by molar-refractivity contribution is -0.274. The monoisotopic (exact) mass is 334 g/mol. The fraction of sp³-hybridized carbons (Fsp3) is 0.429. The lowest BCUT2D eigenvalue weighted by atomic mass is 10.0. The molecule has 0 aliphatic carbocycles. The minimum absolute atomic E-state index is 0.0650. The first-order valence-corrected chi connectivity index (χ1v) is 6.73. The second-order valence-corrected chi connectivity index (χ2v) is 5.19. The summed E-state index contributed by atoms with van der Waals surface area (Å²) >= 11 is 0. The Morgan fingerprint density at radius 2 is 1.78 bits per heavy atom. The van der Waals surface area contributed by atoms with E-state index in [2.05, 4.69) is 15.4 Å². The van der Waals surface area contributed by atoms with Crippen molar-refractivity contribution in [3.05, 3.63) is 24.3 Å². The van der Waals surface area contributed by atoms with Crippen molar-refractivity contribution in [3.8, 4) is 5.75 Å². The predicted molar refractivity (Wildman–Crippen MR) is 76.2 cm³/mol. The Labute approximate surface area is 130 Å². The second-order valence-electron chi connectivity index (χ2n) is 5.19. The number of hydrogen-bond donors (Lipinski definition) is 3. The number of alkyl halides is 3. The average Bonchev–Trinajstić information content (AvgIpc) is 2.38. The molecule has 1 rings (SSSR count). The number of carboxylic acid groups (broad SMARTS) is 1. The van der Waals surface area contributed by atoms with Gasteiger partial charge in [-0.3, -0.25) is 0 Å². The highest BCUT2D eigenvalue weighted by molar-refractivity contribution is 5.92. The summed E-state index contributed by atoms with van der Waals surface area (Å²) < 4.78 is 39.7. The lowest BCUT2D eigenvalue weighted by Gasteiger charge is -2.17. The minimum atomic E-state index is -4.79. The van der Waals surface area contributed by atoms with Crippen molar-refractivity contribution in [2.45, 2.75) is 32.7 Å². The van der Waals surface area contributed by atoms with Gasteiger partial charge in [-0.2, -0.15) is 0 Å². The zero-order chi connectivity index (χ0) is 17.6. The maximum absolute atomic E-state index is 12.0. The van der Waals surface area contributed by atoms with Crippen LogP contribution in [-0.4, -0.2) is 29.5 Å². The number of amides is 2. The normalized spacial score (nSPS) is 12.6. The van der Waals surface area contributed by atoms with Gasteiger partial charge in [0, 0.05) is 5.69 Å². The Morgan fingerprint density at radius 1 is 1.22 bits per heavy atom. The van der Waals surface area contributed by atoms with E-state index in [1.807, 2.05) is 13.8 Å². The van der Waals surface area contributed by atoms with Crippen LogP contribution in [0.25, 0.3) is 0 Å². The van der Waals surface area contributed by atoms with E-state index in [1.54, 1.807) is 0 Å². The maximum atomic E-state index is 12.0. The smallest absolute Gasteiger partial charge is 0.480 e. The average molecular weight is 334 g/mol. The van der Waals surface area contributed by atoms with Gasteiger partial charge >= 0.3 is 18.4 Å². The van der Waals surface area contributed by atoms with Gasteiger partial charge in [0.2, 0.25) is 0 Å². The van der Waals surface area contributed by atoms with Gasteiger partial charge in [0.1, 0.15) is 11.8 Å². The number of benzene rings is 1. The quantitative estimate of drug-likeness (QED) is 0.745. The number of carbonyl (C=O) groups is 2. The number of rotatable bonds is 6. The third kappa shape index (κ3) is 7.39. The van der Waals surface area contributed by atoms with E-state index in [-0.39, 0.29) is 18.0 Å². The highest BCUT2D eigenvalue weighted by Crippen LogP contribution is 2.23. The van der Waals surface area contributed by atoms with Crippen LogP contribution in [0.15, 0.2) is 24.3 Å². The Bertz CT molecular complexity index is 544. The topological polar surface area (TPSA) is 87.7 Å². The van der Waals surface area contributed by atoms with Gasteiger partial charge in [0.05, 0.1) is 0 Å². The fourth-order valence-electron chi connectivity index (χ4n) is 1.76. The number of carboxylic acids is 1. The predicted octanol–water partition coefficient (Wildman–Crippen LogP) is 3.21. The van der Waals surface area contributed by atoms with Crippen LogP contribution in [0.3, 0.4) is 0 Å². The summed E-state index contributed by atoms with van der Waals surface area (Å²) in [6.07, 6.45) is -4.54. The Kier molecular flexibility index (Phi) is 6.23. The van der Waals surface area contributed by atoms with Gasteiger partial charge in [-0.1, -0.05) is 13.8 Å². The highest BCUT2D eigenvalue weighted by Gasteiger charge is 2.31. The third-order valence-electron chi connectivity index (χ3n) is 2.66. The minimum Gasteiger partial charge on any atom is -0.480 e. The first-order chi connectivity index (χ1) is 10.6. The molecule has 0 fully saturated rings. The molecule has 0 radical (unpaired) electrons. The maximum Gasteiger partial charge on any atom is 0.573 e. The van der Waals surface area contributed by atoms with E-state index in [0.29, 0.717) is 0 Å². The summed E-state index contributed by atoms with van der Waals surface area (Å²) in [6, 6.07) is 2.67. The molecule has 3 N–H and O–H groups in total. The van der Waals surface area contributed by atoms with Gasteiger partial charge < -0.3 is 20.5 Å². The van der Waals surface area contributed by atoms with E-state index in [4.69, 9.17) is 5.11 Å². The number of halogens is 3. The molecule has 1 aromatic rings. The van der Waals surface area contributed by atoms with Crippen LogP contribution in [0, 0.1) is 5.92 Å². The fourth-order valence-corrected chi connectivity index (χ4v) is 1.76. The molecule has 6 nitrogen and oxygen atoms in total. The first-order valence-electron chi connectivity index (χ1n) is 6.73. The standard InChI is InChI=1S/C14H17F3N2O4/c1-8(2)7-11(12(20)21)19-13(22)18-9-3-5-10(6-4-9)23-14(15,16)17/h3-6,8,11H,7H2,1-2H3,(H,20,21)(H2,18,19,22). The van der Waals surface area contributed by atoms with Crippen LogP contribution >= 0.6 is 0 Å². The van der Waals surface area contributed by atoms with Crippen molar-refractivity contribution < 1.29 is 32.6 Å². The van der Waals surface area contributed by atoms with Crippen molar-refractivity contribution in [1.29, 1.82) is 0 Å². The number of carbonyl (C=O) groups excluding carboxylic acids is 1. The van der Waals surface area contributed by atoms with E-state index < -0.39 is 30.2 Å². The van der Waals surface area contributed by atoms with Crippen LogP contribution in [0.1, 0.15) is 20.3 Å². The largest absolute Gasteiger partial charge is 0.573 e. The number of urea groups is 1. The zero-order valence-electron chi connectivity index (χ0n) is 12.5. The molecular formula is C14H17F3N2O4. The molecule has 0 bridgehead atoms. The van der Waals surface area contributed by atoms with Crippen molar-refractivity contribution >= 4 is 17.7 Å². The third-order valence-corrected chi connectivity index (χ3v) is 2.66. The number of hydrogen-bond acceptors (Lipinski definition) is 3. The summed E-state index contributed by atoms with van der Waals surface area (Å²) in [7, 11) is 0. The van der Waals surface area contributed by atoms with Crippen LogP contribution in [-0.2, 0) is 4.79 Å². The zero-order valence-corrected chi connectivity index (χ0v) is 12.5. The van der Waals surface area contributed by atoms with Gasteiger partial charge in [-0.15, -0.1) is 13.2 Å². The molecule has 9 heteroatoms. The molecule has 0 aliphatic heterocycles. The Morgan fingerprint density at radius 3 is 2.22 bits per heavy atom. The highest BCUT2D eigenvalue weighted by atomic mass is 19.4. The van der Waals surface area contributed by atoms with E-state index in [1.165, 1.54) is 12.1 Å². The van der Waals surface area contributed by atoms with Crippen molar-refractivity contribution in [3.63, 3.8) is 0 Å². The molecule has 1 aromatic carbocycles. The molecule has 2 amide bonds. The molecule has 1 unspecified atom stereocenters. The molecule has 0 heterocycles. The SMILES string of the molecule is CC(C)CC(NC(=O)Nc1ccc(OC(F)(F)F)cc1)C(=O)O. The van der Waals surface area contributed by atoms with Gasteiger partial charge in [-0.25, -0.2) is 9.59 Å². The van der Waals surface area contributed by atoms with Crippen LogP contribution in [0.5, 0.6) is 5.75 Å². The molecule has 128 valence electrons. The molecule has 0 saturated heterocycles. The van der Waals surface area contributed by atoms with Gasteiger partial charge in [-0.05, 0) is 36.6 Å². The van der Waals surface area contributed by atoms with Crippen LogP contribution < -0.4 is 15.4 Å². The Hall–Kier alpha value is -2.45. The van der Waals surface area contributed by atoms with Crippen molar-refractivity contribution in [2.75, 3.05) is 5.32 Å². The van der Waals surface area contributed by atoms with Crippen LogP contribution in [0.2, 0.25) is 0 Å².